The third kappa shape index (κ3) is 4.43. The van der Waals surface area contributed by atoms with Crippen molar-refractivity contribution in [1.29, 1.82) is 0 Å². The van der Waals surface area contributed by atoms with Gasteiger partial charge in [0, 0.05) is 37.5 Å². The molecule has 4 rings (SSSR count). The number of fused-ring (bicyclic) bond motifs is 2. The highest BCUT2D eigenvalue weighted by Gasteiger charge is 2.14. The van der Waals surface area contributed by atoms with E-state index in [2.05, 4.69) is 0 Å². The molecule has 0 aliphatic rings. The van der Waals surface area contributed by atoms with Crippen LogP contribution in [-0.4, -0.2) is 23.3 Å². The molecular formula is C24H24N2O4S. The number of aromatic nitrogens is 2. The molecule has 2 aromatic heterocycles. The minimum absolute atomic E-state index is 0.0619. The van der Waals surface area contributed by atoms with Crippen LogP contribution < -0.4 is 11.2 Å². The van der Waals surface area contributed by atoms with E-state index in [9.17, 15) is 9.59 Å². The van der Waals surface area contributed by atoms with Gasteiger partial charge in [0.1, 0.15) is 5.58 Å². The van der Waals surface area contributed by atoms with Gasteiger partial charge in [0.15, 0.2) is 5.16 Å². The quantitative estimate of drug-likeness (QED) is 0.184. The molecule has 0 atom stereocenters. The zero-order valence-corrected chi connectivity index (χ0v) is 18.6. The van der Waals surface area contributed by atoms with Gasteiger partial charge in [0.05, 0.1) is 10.9 Å². The summed E-state index contributed by atoms with van der Waals surface area (Å²) >= 11 is 1.45. The summed E-state index contributed by atoms with van der Waals surface area (Å²) in [4.78, 5) is 30.0. The van der Waals surface area contributed by atoms with Crippen LogP contribution in [0, 0.1) is 13.8 Å². The largest absolute Gasteiger partial charge is 0.423 e. The smallest absolute Gasteiger partial charge is 0.336 e. The normalized spacial score (nSPS) is 11.5. The summed E-state index contributed by atoms with van der Waals surface area (Å²) in [6, 6.07) is 12.8. The number of hydrogen-bond acceptors (Lipinski definition) is 6. The van der Waals surface area contributed by atoms with Crippen molar-refractivity contribution < 1.29 is 9.15 Å². The minimum Gasteiger partial charge on any atom is -0.423 e. The predicted octanol–water partition coefficient (Wildman–Crippen LogP) is 4.45. The Morgan fingerprint density at radius 1 is 1.06 bits per heavy atom. The molecule has 4 aromatic rings. The molecule has 0 aliphatic heterocycles. The molecule has 2 aromatic carbocycles. The molecule has 0 aliphatic carbocycles. The van der Waals surface area contributed by atoms with Crippen LogP contribution in [0.15, 0.2) is 61.6 Å². The van der Waals surface area contributed by atoms with E-state index >= 15 is 0 Å². The molecule has 31 heavy (non-hydrogen) atoms. The van der Waals surface area contributed by atoms with Crippen LogP contribution in [0.25, 0.3) is 21.9 Å². The standard InChI is InChI=1S/C24H24N2O4S/c1-15-11-19-17(13-22(27)30-21(19)12-16(15)2)14-31-24-25-20-8-5-4-7-18(20)23(28)26(24)9-6-10-29-3/h4-5,7-8,11-13H,6,9-10,14H2,1-3H3. The number of thioether (sulfide) groups is 1. The summed E-state index contributed by atoms with van der Waals surface area (Å²) in [6.07, 6.45) is 0.709. The molecule has 0 spiro atoms. The SMILES string of the molecule is COCCCn1c(SCc2cc(=O)oc3cc(C)c(C)cc23)nc2ccccc2c1=O. The number of benzene rings is 2. The van der Waals surface area contributed by atoms with Crippen LogP contribution in [0.5, 0.6) is 0 Å². The van der Waals surface area contributed by atoms with E-state index < -0.39 is 0 Å². The summed E-state index contributed by atoms with van der Waals surface area (Å²) in [5.41, 5.74) is 3.88. The molecule has 0 bridgehead atoms. The van der Waals surface area contributed by atoms with Gasteiger partial charge in [-0.15, -0.1) is 0 Å². The highest BCUT2D eigenvalue weighted by Crippen LogP contribution is 2.28. The van der Waals surface area contributed by atoms with Crippen LogP contribution >= 0.6 is 11.8 Å². The number of methoxy groups -OCH3 is 1. The zero-order chi connectivity index (χ0) is 22.0. The molecule has 7 heteroatoms. The number of ether oxygens (including phenoxy) is 1. The van der Waals surface area contributed by atoms with Crippen LogP contribution in [0.1, 0.15) is 23.1 Å². The summed E-state index contributed by atoms with van der Waals surface area (Å²) in [7, 11) is 1.65. The molecule has 0 saturated heterocycles. The second-order valence-electron chi connectivity index (χ2n) is 7.53. The fraction of sp³-hybridized carbons (Fsp3) is 0.292. The van der Waals surface area contributed by atoms with Crippen LogP contribution in [0.2, 0.25) is 0 Å². The molecule has 0 saturated carbocycles. The van der Waals surface area contributed by atoms with Crippen molar-refractivity contribution in [2.75, 3.05) is 13.7 Å². The molecule has 0 fully saturated rings. The summed E-state index contributed by atoms with van der Waals surface area (Å²) in [6.45, 7) is 5.11. The van der Waals surface area contributed by atoms with Crippen molar-refractivity contribution >= 4 is 33.6 Å². The Morgan fingerprint density at radius 3 is 2.65 bits per heavy atom. The van der Waals surface area contributed by atoms with Gasteiger partial charge in [-0.3, -0.25) is 9.36 Å². The fourth-order valence-electron chi connectivity index (χ4n) is 3.57. The lowest BCUT2D eigenvalue weighted by Gasteiger charge is -2.13. The zero-order valence-electron chi connectivity index (χ0n) is 17.8. The van der Waals surface area contributed by atoms with Crippen molar-refractivity contribution in [3.63, 3.8) is 0 Å². The topological polar surface area (TPSA) is 74.3 Å². The van der Waals surface area contributed by atoms with Gasteiger partial charge in [-0.05, 0) is 61.2 Å². The van der Waals surface area contributed by atoms with Crippen molar-refractivity contribution in [2.24, 2.45) is 0 Å². The predicted molar refractivity (Wildman–Crippen MR) is 124 cm³/mol. The lowest BCUT2D eigenvalue weighted by molar-refractivity contribution is 0.189. The molecule has 0 N–H and O–H groups in total. The summed E-state index contributed by atoms with van der Waals surface area (Å²) in [5.74, 6) is 0.500. The van der Waals surface area contributed by atoms with E-state index in [0.29, 0.717) is 47.0 Å². The van der Waals surface area contributed by atoms with Gasteiger partial charge in [-0.25, -0.2) is 9.78 Å². The Kier molecular flexibility index (Phi) is 6.25. The first-order valence-electron chi connectivity index (χ1n) is 10.1. The first-order valence-corrected chi connectivity index (χ1v) is 11.1. The van der Waals surface area contributed by atoms with E-state index in [1.165, 1.54) is 17.8 Å². The van der Waals surface area contributed by atoms with Gasteiger partial charge < -0.3 is 9.15 Å². The van der Waals surface area contributed by atoms with Gasteiger partial charge >= 0.3 is 5.63 Å². The van der Waals surface area contributed by atoms with Crippen molar-refractivity contribution in [2.45, 2.75) is 37.7 Å². The molecule has 2 heterocycles. The molecular weight excluding hydrogens is 412 g/mol. The van der Waals surface area contributed by atoms with Crippen LogP contribution in [0.4, 0.5) is 0 Å². The van der Waals surface area contributed by atoms with Gasteiger partial charge in [0.2, 0.25) is 0 Å². The second kappa shape index (κ2) is 9.08. The minimum atomic E-state index is -0.379. The van der Waals surface area contributed by atoms with E-state index in [1.807, 2.05) is 44.2 Å². The van der Waals surface area contributed by atoms with E-state index in [-0.39, 0.29) is 11.2 Å². The molecule has 0 radical (unpaired) electrons. The van der Waals surface area contributed by atoms with E-state index in [4.69, 9.17) is 14.1 Å². The van der Waals surface area contributed by atoms with Crippen molar-refractivity contribution in [3.8, 4) is 0 Å². The Morgan fingerprint density at radius 2 is 1.84 bits per heavy atom. The Bertz CT molecular complexity index is 1370. The van der Waals surface area contributed by atoms with Crippen molar-refractivity contribution in [1.82, 2.24) is 9.55 Å². The molecule has 6 nitrogen and oxygen atoms in total. The molecule has 160 valence electrons. The van der Waals surface area contributed by atoms with Gasteiger partial charge in [0.25, 0.3) is 5.56 Å². The summed E-state index contributed by atoms with van der Waals surface area (Å²) in [5, 5.41) is 2.13. The molecule has 0 unspecified atom stereocenters. The monoisotopic (exact) mass is 436 g/mol. The number of rotatable bonds is 7. The second-order valence-corrected chi connectivity index (χ2v) is 8.47. The average molecular weight is 437 g/mol. The average Bonchev–Trinajstić information content (AvgIpc) is 2.75. The number of nitrogens with zero attached hydrogens (tertiary/aromatic N) is 2. The lowest BCUT2D eigenvalue weighted by Crippen LogP contribution is -2.24. The summed E-state index contributed by atoms with van der Waals surface area (Å²) < 4.78 is 12.3. The lowest BCUT2D eigenvalue weighted by atomic mass is 10.0. The van der Waals surface area contributed by atoms with Crippen LogP contribution in [0.3, 0.4) is 0 Å². The maximum absolute atomic E-state index is 13.1. The Hall–Kier alpha value is -2.90. The first-order chi connectivity index (χ1) is 15.0. The van der Waals surface area contributed by atoms with Gasteiger partial charge in [-0.1, -0.05) is 23.9 Å². The third-order valence-electron chi connectivity index (χ3n) is 5.36. The maximum atomic E-state index is 13.1. The van der Waals surface area contributed by atoms with Crippen LogP contribution in [-0.2, 0) is 17.0 Å². The highest BCUT2D eigenvalue weighted by molar-refractivity contribution is 7.98. The van der Waals surface area contributed by atoms with E-state index in [0.717, 1.165) is 22.1 Å². The Labute approximate surface area is 183 Å². The third-order valence-corrected chi connectivity index (χ3v) is 6.38. The maximum Gasteiger partial charge on any atom is 0.336 e. The van der Waals surface area contributed by atoms with E-state index in [1.54, 1.807) is 17.7 Å². The number of hydrogen-bond donors (Lipinski definition) is 0. The Balaban J connectivity index is 1.75. The number of para-hydroxylation sites is 1. The van der Waals surface area contributed by atoms with Crippen molar-refractivity contribution in [3.05, 3.63) is 79.9 Å². The first kappa shape index (κ1) is 21.3. The highest BCUT2D eigenvalue weighted by atomic mass is 32.2. The van der Waals surface area contributed by atoms with Gasteiger partial charge in [-0.2, -0.15) is 0 Å². The molecule has 0 amide bonds. The fourth-order valence-corrected chi connectivity index (χ4v) is 4.58. The number of aryl methyl sites for hydroxylation is 2.